The fraction of sp³-hybridized carbons (Fsp3) is 0.435. The van der Waals surface area contributed by atoms with Crippen molar-refractivity contribution < 1.29 is 47.4 Å². The summed E-state index contributed by atoms with van der Waals surface area (Å²) < 4.78 is 39.4. The second kappa shape index (κ2) is 12.2. The molecule has 2 aromatic heterocycles. The Morgan fingerprint density at radius 1 is 1.23 bits per heavy atom. The molecule has 0 spiro atoms. The number of hydrogen-bond acceptors (Lipinski definition) is 13. The minimum absolute atomic E-state index is 0.0640. The maximum absolute atomic E-state index is 13.3. The molecule has 1 aliphatic heterocycles. The van der Waals surface area contributed by atoms with Crippen LogP contribution in [0.4, 0.5) is 5.82 Å². The van der Waals surface area contributed by atoms with Crippen molar-refractivity contribution in [1.82, 2.24) is 24.8 Å². The molecule has 5 N–H and O–H groups in total. The SMILES string of the molecule is COc1ccc(CC(NC(C)=O)C(=O)O[C@H]2[C@@H](O)[C@H](n3cnc4c(N)ncnc43)O[C@@H]2COP(=O)(O)OC)cc1. The zero-order valence-corrected chi connectivity index (χ0v) is 22.6. The van der Waals surface area contributed by atoms with Gasteiger partial charge in [-0.15, -0.1) is 0 Å². The third kappa shape index (κ3) is 6.55. The molecular weight excluding hydrogens is 551 g/mol. The zero-order chi connectivity index (χ0) is 29.0. The summed E-state index contributed by atoms with van der Waals surface area (Å²) in [5.74, 6) is -0.666. The Hall–Kier alpha value is -3.66. The standard InChI is InChI=1S/C23H29N6O10P/c1-12(30)28-15(8-13-4-6-14(35-2)7-5-13)23(32)39-19-16(9-37-40(33,34)36-3)38-22(18(19)31)29-11-27-17-20(24)25-10-26-21(17)29/h4-7,10-11,15-16,18-19,22,31H,8-9H2,1-3H3,(H,28,30)(H,33,34)(H2,24,25,26)/t15?,16-,18-,19-,22-/m1/s1. The Morgan fingerprint density at radius 2 is 1.95 bits per heavy atom. The molecule has 17 heteroatoms. The molecule has 2 unspecified atom stereocenters. The number of anilines is 1. The summed E-state index contributed by atoms with van der Waals surface area (Å²) >= 11 is 0. The van der Waals surface area contributed by atoms with Crippen LogP contribution in [0.15, 0.2) is 36.9 Å². The molecule has 0 bridgehead atoms. The van der Waals surface area contributed by atoms with E-state index in [4.69, 9.17) is 24.5 Å². The number of nitrogens with one attached hydrogen (secondary N) is 1. The van der Waals surface area contributed by atoms with Gasteiger partial charge in [-0.2, -0.15) is 0 Å². The van der Waals surface area contributed by atoms with E-state index in [1.165, 1.54) is 31.3 Å². The molecule has 16 nitrogen and oxygen atoms in total. The average molecular weight is 580 g/mol. The van der Waals surface area contributed by atoms with Crippen LogP contribution in [-0.4, -0.2) is 86.6 Å². The number of nitrogens with zero attached hydrogens (tertiary/aromatic N) is 4. The number of esters is 1. The van der Waals surface area contributed by atoms with E-state index in [-0.39, 0.29) is 23.4 Å². The van der Waals surface area contributed by atoms with Gasteiger partial charge in [-0.1, -0.05) is 12.1 Å². The number of rotatable bonds is 11. The number of carbonyl (C=O) groups excluding carboxylic acids is 2. The number of fused-ring (bicyclic) bond motifs is 1. The number of aliphatic hydroxyl groups is 1. The highest BCUT2D eigenvalue weighted by Gasteiger charge is 2.49. The summed E-state index contributed by atoms with van der Waals surface area (Å²) in [7, 11) is -1.95. The number of methoxy groups -OCH3 is 1. The molecule has 1 amide bonds. The van der Waals surface area contributed by atoms with Crippen LogP contribution in [0, 0.1) is 0 Å². The molecule has 40 heavy (non-hydrogen) atoms. The van der Waals surface area contributed by atoms with Gasteiger partial charge >= 0.3 is 13.8 Å². The van der Waals surface area contributed by atoms with E-state index < -0.39 is 56.9 Å². The molecule has 0 aliphatic carbocycles. The number of benzene rings is 1. The smallest absolute Gasteiger partial charge is 0.472 e. The fourth-order valence-corrected chi connectivity index (χ4v) is 4.60. The fourth-order valence-electron chi connectivity index (χ4n) is 4.16. The van der Waals surface area contributed by atoms with E-state index in [2.05, 4.69) is 24.8 Å². The number of phosphoric acid groups is 1. The van der Waals surface area contributed by atoms with Crippen LogP contribution in [0.1, 0.15) is 18.7 Å². The van der Waals surface area contributed by atoms with Gasteiger partial charge in [0.15, 0.2) is 23.8 Å². The summed E-state index contributed by atoms with van der Waals surface area (Å²) in [5.41, 5.74) is 7.02. The highest BCUT2D eigenvalue weighted by molar-refractivity contribution is 7.47. The lowest BCUT2D eigenvalue weighted by atomic mass is 10.1. The molecule has 1 fully saturated rings. The highest BCUT2D eigenvalue weighted by atomic mass is 31.2. The lowest BCUT2D eigenvalue weighted by Gasteiger charge is -2.24. The van der Waals surface area contributed by atoms with Gasteiger partial charge in [-0.3, -0.25) is 18.4 Å². The van der Waals surface area contributed by atoms with E-state index >= 15 is 0 Å². The number of hydrogen-bond donors (Lipinski definition) is 4. The van der Waals surface area contributed by atoms with Crippen LogP contribution in [-0.2, 0) is 39.1 Å². The topological polar surface area (TPSA) is 219 Å². The third-order valence-electron chi connectivity index (χ3n) is 6.12. The van der Waals surface area contributed by atoms with Gasteiger partial charge in [0.2, 0.25) is 5.91 Å². The van der Waals surface area contributed by atoms with E-state index in [1.54, 1.807) is 24.3 Å². The number of nitrogens with two attached hydrogens (primary N) is 1. The van der Waals surface area contributed by atoms with Crippen LogP contribution < -0.4 is 15.8 Å². The van der Waals surface area contributed by atoms with Crippen molar-refractivity contribution in [2.45, 2.75) is 43.9 Å². The lowest BCUT2D eigenvalue weighted by molar-refractivity contribution is -0.160. The van der Waals surface area contributed by atoms with Crippen molar-refractivity contribution in [3.05, 3.63) is 42.5 Å². The molecule has 6 atom stereocenters. The molecule has 0 radical (unpaired) electrons. The predicted octanol–water partition coefficient (Wildman–Crippen LogP) is 0.0980. The average Bonchev–Trinajstić information content (AvgIpc) is 3.49. The first kappa shape index (κ1) is 29.3. The Kier molecular flexibility index (Phi) is 8.98. The summed E-state index contributed by atoms with van der Waals surface area (Å²) in [6.07, 6.45) is -2.81. The van der Waals surface area contributed by atoms with E-state index in [1.807, 2.05) is 0 Å². The number of aromatic nitrogens is 4. The second-order valence-electron chi connectivity index (χ2n) is 8.79. The first-order chi connectivity index (χ1) is 19.0. The van der Waals surface area contributed by atoms with Gasteiger partial charge in [-0.05, 0) is 17.7 Å². The zero-order valence-electron chi connectivity index (χ0n) is 21.7. The second-order valence-corrected chi connectivity index (χ2v) is 10.4. The summed E-state index contributed by atoms with van der Waals surface area (Å²) in [6, 6.07) is 5.72. The lowest BCUT2D eigenvalue weighted by Crippen LogP contribution is -2.47. The largest absolute Gasteiger partial charge is 0.497 e. The summed E-state index contributed by atoms with van der Waals surface area (Å²) in [4.78, 5) is 47.0. The number of phosphoric ester groups is 1. The van der Waals surface area contributed by atoms with Gasteiger partial charge in [0.25, 0.3) is 0 Å². The molecular formula is C23H29N6O10P. The number of ether oxygens (including phenoxy) is 3. The molecule has 1 saturated heterocycles. The van der Waals surface area contributed by atoms with Crippen molar-refractivity contribution in [3.63, 3.8) is 0 Å². The molecule has 4 rings (SSSR count). The van der Waals surface area contributed by atoms with Crippen LogP contribution in [0.2, 0.25) is 0 Å². The normalized spacial score (nSPS) is 22.9. The maximum atomic E-state index is 13.3. The van der Waals surface area contributed by atoms with Crippen LogP contribution in [0.5, 0.6) is 5.75 Å². The summed E-state index contributed by atoms with van der Waals surface area (Å²) in [5, 5.41) is 13.8. The van der Waals surface area contributed by atoms with Crippen molar-refractivity contribution >= 4 is 36.7 Å². The van der Waals surface area contributed by atoms with Gasteiger partial charge < -0.3 is 35.3 Å². The van der Waals surface area contributed by atoms with Crippen LogP contribution in [0.25, 0.3) is 11.2 Å². The Morgan fingerprint density at radius 3 is 2.60 bits per heavy atom. The van der Waals surface area contributed by atoms with Crippen molar-refractivity contribution in [1.29, 1.82) is 0 Å². The van der Waals surface area contributed by atoms with E-state index in [9.17, 15) is 24.2 Å². The van der Waals surface area contributed by atoms with E-state index in [0.29, 0.717) is 11.3 Å². The third-order valence-corrected chi connectivity index (χ3v) is 7.05. The van der Waals surface area contributed by atoms with Crippen molar-refractivity contribution in [2.24, 2.45) is 0 Å². The number of carbonyl (C=O) groups is 2. The van der Waals surface area contributed by atoms with Crippen LogP contribution in [0.3, 0.4) is 0 Å². The minimum atomic E-state index is -4.45. The van der Waals surface area contributed by atoms with Gasteiger partial charge in [-0.25, -0.2) is 24.3 Å². The Bertz CT molecular complexity index is 1400. The van der Waals surface area contributed by atoms with Crippen molar-refractivity contribution in [2.75, 3.05) is 26.6 Å². The first-order valence-corrected chi connectivity index (χ1v) is 13.4. The van der Waals surface area contributed by atoms with Gasteiger partial charge in [0.1, 0.15) is 35.8 Å². The first-order valence-electron chi connectivity index (χ1n) is 11.9. The monoisotopic (exact) mass is 580 g/mol. The number of nitrogen functional groups attached to an aromatic ring is 1. The van der Waals surface area contributed by atoms with Gasteiger partial charge in [0, 0.05) is 20.5 Å². The van der Waals surface area contributed by atoms with E-state index in [0.717, 1.165) is 7.11 Å². The molecule has 3 heterocycles. The van der Waals surface area contributed by atoms with Gasteiger partial charge in [0.05, 0.1) is 20.0 Å². The minimum Gasteiger partial charge on any atom is -0.497 e. The number of amides is 1. The highest BCUT2D eigenvalue weighted by Crippen LogP contribution is 2.43. The molecule has 3 aromatic rings. The van der Waals surface area contributed by atoms with Crippen molar-refractivity contribution in [3.8, 4) is 5.75 Å². The molecule has 1 aliphatic rings. The Balaban J connectivity index is 1.59. The maximum Gasteiger partial charge on any atom is 0.472 e. The predicted molar refractivity (Wildman–Crippen MR) is 137 cm³/mol. The quantitative estimate of drug-likeness (QED) is 0.175. The molecule has 1 aromatic carbocycles. The molecule has 0 saturated carbocycles. The van der Waals surface area contributed by atoms with Crippen LogP contribution >= 0.6 is 7.82 Å². The molecule has 216 valence electrons. The summed E-state index contributed by atoms with van der Waals surface area (Å²) in [6.45, 7) is 0.649. The number of aliphatic hydroxyl groups excluding tert-OH is 1. The Labute approximate surface area is 228 Å². The number of imidazole rings is 1.